The summed E-state index contributed by atoms with van der Waals surface area (Å²) in [5.74, 6) is -0.354. The maximum atomic E-state index is 12.6. The van der Waals surface area contributed by atoms with Crippen LogP contribution in [0, 0.1) is 0 Å². The number of aromatic amines is 2. The molecule has 1 atom stereocenters. The first-order valence-electron chi connectivity index (χ1n) is 11.4. The molecular weight excluding hydrogens is 450 g/mol. The molecule has 2 aromatic heterocycles. The minimum absolute atomic E-state index is 0.0789. The van der Waals surface area contributed by atoms with Crippen molar-refractivity contribution >= 4 is 45.2 Å². The van der Waals surface area contributed by atoms with Gasteiger partial charge in [-0.05, 0) is 48.8 Å². The number of aromatic nitrogens is 3. The van der Waals surface area contributed by atoms with Crippen LogP contribution in [0.3, 0.4) is 0 Å². The molecule has 0 saturated carbocycles. The number of hydrogen-bond acceptors (Lipinski definition) is 4. The van der Waals surface area contributed by atoms with Crippen molar-refractivity contribution in [3.63, 3.8) is 0 Å². The maximum Gasteiger partial charge on any atom is 0.328 e. The molecule has 9 heteroatoms. The van der Waals surface area contributed by atoms with Gasteiger partial charge in [0.25, 0.3) is 0 Å². The van der Waals surface area contributed by atoms with E-state index >= 15 is 0 Å². The number of benzene rings is 2. The number of imidazole rings is 1. The summed E-state index contributed by atoms with van der Waals surface area (Å²) in [5.41, 5.74) is 3.75. The molecule has 34 heavy (non-hydrogen) atoms. The maximum absolute atomic E-state index is 12.6. The normalized spacial score (nSPS) is 15.5. The van der Waals surface area contributed by atoms with Crippen LogP contribution >= 0.6 is 12.2 Å². The molecule has 5 rings (SSSR count). The van der Waals surface area contributed by atoms with E-state index in [1.54, 1.807) is 0 Å². The molecule has 0 spiro atoms. The molecule has 176 valence electrons. The average Bonchev–Trinajstić information content (AvgIpc) is 3.43. The standard InChI is InChI=1S/C25H27N5O3S/c1-33-23(31)21(14-16-15-26-19-7-3-2-6-18(16)19)28-25(34)29-12-10-17(11-13-29)30-22-9-5-4-8-20(22)27-24(30)32/h2-9,15,17,21,26H,10-14H2,1H3,(H,27,32)(H,28,34)/t21-/m1/s1. The summed E-state index contributed by atoms with van der Waals surface area (Å²) in [7, 11) is 1.39. The quantitative estimate of drug-likeness (QED) is 0.302. The van der Waals surface area contributed by atoms with Crippen LogP contribution in [0.2, 0.25) is 0 Å². The summed E-state index contributed by atoms with van der Waals surface area (Å²) in [6.45, 7) is 1.40. The third-order valence-electron chi connectivity index (χ3n) is 6.62. The number of rotatable bonds is 5. The molecule has 0 bridgehead atoms. The molecule has 4 aromatic rings. The molecule has 1 aliphatic heterocycles. The number of methoxy groups -OCH3 is 1. The molecule has 8 nitrogen and oxygen atoms in total. The number of para-hydroxylation sites is 3. The second-order valence-electron chi connectivity index (χ2n) is 8.62. The SMILES string of the molecule is COC(=O)[C@@H](Cc1c[nH]c2ccccc12)NC(=S)N1CCC(n2c(=O)[nH]c3ccccc32)CC1. The Morgan fingerprint density at radius 1 is 1.15 bits per heavy atom. The fourth-order valence-electron chi connectivity index (χ4n) is 4.86. The number of nitrogens with one attached hydrogen (secondary N) is 3. The molecule has 0 amide bonds. The molecule has 2 aromatic carbocycles. The molecule has 3 N–H and O–H groups in total. The Morgan fingerprint density at radius 3 is 2.62 bits per heavy atom. The Balaban J connectivity index is 1.26. The van der Waals surface area contributed by atoms with E-state index < -0.39 is 6.04 Å². The van der Waals surface area contributed by atoms with Gasteiger partial charge in [-0.2, -0.15) is 0 Å². The van der Waals surface area contributed by atoms with Crippen LogP contribution in [0.15, 0.2) is 59.5 Å². The first-order chi connectivity index (χ1) is 16.5. The van der Waals surface area contributed by atoms with Gasteiger partial charge in [-0.15, -0.1) is 0 Å². The molecule has 1 aliphatic rings. The fraction of sp³-hybridized carbons (Fsp3) is 0.320. The number of H-pyrrole nitrogens is 2. The Hall–Kier alpha value is -3.59. The summed E-state index contributed by atoms with van der Waals surface area (Å²) < 4.78 is 6.91. The zero-order valence-electron chi connectivity index (χ0n) is 18.9. The van der Waals surface area contributed by atoms with Gasteiger partial charge < -0.3 is 24.9 Å². The van der Waals surface area contributed by atoms with Gasteiger partial charge in [0.2, 0.25) is 0 Å². The smallest absolute Gasteiger partial charge is 0.328 e. The highest BCUT2D eigenvalue weighted by molar-refractivity contribution is 7.80. The van der Waals surface area contributed by atoms with Crippen LogP contribution in [0.25, 0.3) is 21.9 Å². The molecule has 1 saturated heterocycles. The van der Waals surface area contributed by atoms with E-state index in [-0.39, 0.29) is 17.7 Å². The first kappa shape index (κ1) is 22.2. The number of ether oxygens (including phenoxy) is 1. The lowest BCUT2D eigenvalue weighted by Gasteiger charge is -2.35. The van der Waals surface area contributed by atoms with Gasteiger partial charge in [0.05, 0.1) is 18.1 Å². The van der Waals surface area contributed by atoms with E-state index in [0.717, 1.165) is 40.3 Å². The number of thiocarbonyl (C=S) groups is 1. The van der Waals surface area contributed by atoms with E-state index in [0.29, 0.717) is 24.6 Å². The van der Waals surface area contributed by atoms with Crippen molar-refractivity contribution in [1.29, 1.82) is 0 Å². The number of carbonyl (C=O) groups is 1. The predicted molar refractivity (Wildman–Crippen MR) is 136 cm³/mol. The van der Waals surface area contributed by atoms with Crippen molar-refractivity contribution in [3.05, 3.63) is 70.8 Å². The van der Waals surface area contributed by atoms with E-state index in [1.807, 2.05) is 59.3 Å². The van der Waals surface area contributed by atoms with Gasteiger partial charge in [0, 0.05) is 42.7 Å². The van der Waals surface area contributed by atoms with Crippen LogP contribution in [-0.4, -0.2) is 56.8 Å². The van der Waals surface area contributed by atoms with Gasteiger partial charge in [0.15, 0.2) is 5.11 Å². The number of piperidine rings is 1. The number of fused-ring (bicyclic) bond motifs is 2. The average molecular weight is 478 g/mol. The highest BCUT2D eigenvalue weighted by atomic mass is 32.1. The number of carbonyl (C=O) groups excluding carboxylic acids is 1. The predicted octanol–water partition coefficient (Wildman–Crippen LogP) is 3.11. The van der Waals surface area contributed by atoms with Gasteiger partial charge in [-0.1, -0.05) is 30.3 Å². The van der Waals surface area contributed by atoms with E-state index in [1.165, 1.54) is 7.11 Å². The Labute approximate surface area is 201 Å². The van der Waals surface area contributed by atoms with Crippen molar-refractivity contribution in [3.8, 4) is 0 Å². The highest BCUT2D eigenvalue weighted by Crippen LogP contribution is 2.25. The van der Waals surface area contributed by atoms with E-state index in [9.17, 15) is 9.59 Å². The Kier molecular flexibility index (Phi) is 6.10. The fourth-order valence-corrected chi connectivity index (χ4v) is 5.19. The van der Waals surface area contributed by atoms with E-state index in [4.69, 9.17) is 17.0 Å². The lowest BCUT2D eigenvalue weighted by molar-refractivity contribution is -0.142. The number of hydrogen-bond donors (Lipinski definition) is 3. The zero-order chi connectivity index (χ0) is 23.7. The summed E-state index contributed by atoms with van der Waals surface area (Å²) in [5, 5.41) is 4.83. The minimum Gasteiger partial charge on any atom is -0.467 e. The molecular formula is C25H27N5O3S. The number of nitrogens with zero attached hydrogens (tertiary/aromatic N) is 2. The van der Waals surface area contributed by atoms with Gasteiger partial charge >= 0.3 is 11.7 Å². The second-order valence-corrected chi connectivity index (χ2v) is 9.01. The Bertz CT molecular complexity index is 1400. The van der Waals surface area contributed by atoms with Gasteiger partial charge in [-0.3, -0.25) is 4.57 Å². The van der Waals surface area contributed by atoms with Crippen LogP contribution in [-0.2, 0) is 16.0 Å². The summed E-state index contributed by atoms with van der Waals surface area (Å²) in [4.78, 5) is 33.4. The molecule has 1 fully saturated rings. The molecule has 0 radical (unpaired) electrons. The topological polar surface area (TPSA) is 95.2 Å². The summed E-state index contributed by atoms with van der Waals surface area (Å²) in [6, 6.07) is 15.3. The summed E-state index contributed by atoms with van der Waals surface area (Å²) in [6.07, 6.45) is 3.96. The first-order valence-corrected chi connectivity index (χ1v) is 11.8. The molecule has 3 heterocycles. The van der Waals surface area contributed by atoms with Crippen molar-refractivity contribution in [1.82, 2.24) is 24.8 Å². The largest absolute Gasteiger partial charge is 0.467 e. The molecule has 0 unspecified atom stereocenters. The monoisotopic (exact) mass is 477 g/mol. The van der Waals surface area contributed by atoms with Crippen LogP contribution < -0.4 is 11.0 Å². The third kappa shape index (κ3) is 4.19. The van der Waals surface area contributed by atoms with Gasteiger partial charge in [-0.25, -0.2) is 9.59 Å². The third-order valence-corrected chi connectivity index (χ3v) is 7.00. The Morgan fingerprint density at radius 2 is 1.85 bits per heavy atom. The van der Waals surface area contributed by atoms with Crippen LogP contribution in [0.4, 0.5) is 0 Å². The van der Waals surface area contributed by atoms with Crippen molar-refractivity contribution < 1.29 is 9.53 Å². The van der Waals surface area contributed by atoms with Crippen molar-refractivity contribution in [2.75, 3.05) is 20.2 Å². The minimum atomic E-state index is -0.592. The van der Waals surface area contributed by atoms with Crippen LogP contribution in [0.5, 0.6) is 0 Å². The van der Waals surface area contributed by atoms with Crippen molar-refractivity contribution in [2.24, 2.45) is 0 Å². The summed E-state index contributed by atoms with van der Waals surface area (Å²) >= 11 is 5.67. The van der Waals surface area contributed by atoms with E-state index in [2.05, 4.69) is 20.2 Å². The van der Waals surface area contributed by atoms with Crippen molar-refractivity contribution in [2.45, 2.75) is 31.3 Å². The second kappa shape index (κ2) is 9.34. The van der Waals surface area contributed by atoms with Crippen LogP contribution in [0.1, 0.15) is 24.4 Å². The lowest BCUT2D eigenvalue weighted by Crippen LogP contribution is -2.51. The number of esters is 1. The highest BCUT2D eigenvalue weighted by Gasteiger charge is 2.28. The lowest BCUT2D eigenvalue weighted by atomic mass is 10.0. The van der Waals surface area contributed by atoms with Gasteiger partial charge in [0.1, 0.15) is 6.04 Å². The molecule has 0 aliphatic carbocycles. The number of likely N-dealkylation sites (tertiary alicyclic amines) is 1. The zero-order valence-corrected chi connectivity index (χ0v) is 19.7.